The second kappa shape index (κ2) is 5.49. The van der Waals surface area contributed by atoms with E-state index < -0.39 is 0 Å². The standard InChI is InChI=1S/C19H25NO/c1-2-18-17(15-5-3-4-6-19(15)21-18)12-20-11-16(13-7-8-13)14-9-10-14/h3-6,13-14,16,20H,2,7-12H2,1H3. The van der Waals surface area contributed by atoms with Crippen molar-refractivity contribution in [2.24, 2.45) is 17.8 Å². The zero-order valence-electron chi connectivity index (χ0n) is 12.9. The van der Waals surface area contributed by atoms with E-state index in [9.17, 15) is 0 Å². The Hall–Kier alpha value is -1.28. The van der Waals surface area contributed by atoms with Crippen molar-refractivity contribution in [1.82, 2.24) is 5.32 Å². The van der Waals surface area contributed by atoms with E-state index in [0.717, 1.165) is 42.1 Å². The molecule has 0 radical (unpaired) electrons. The molecule has 112 valence electrons. The van der Waals surface area contributed by atoms with Crippen molar-refractivity contribution in [3.05, 3.63) is 35.6 Å². The van der Waals surface area contributed by atoms with Crippen LogP contribution < -0.4 is 5.32 Å². The van der Waals surface area contributed by atoms with E-state index in [4.69, 9.17) is 4.42 Å². The van der Waals surface area contributed by atoms with Gasteiger partial charge in [-0.15, -0.1) is 0 Å². The van der Waals surface area contributed by atoms with Crippen LogP contribution in [0.5, 0.6) is 0 Å². The summed E-state index contributed by atoms with van der Waals surface area (Å²) in [4.78, 5) is 0. The smallest absolute Gasteiger partial charge is 0.134 e. The van der Waals surface area contributed by atoms with Gasteiger partial charge in [0.25, 0.3) is 0 Å². The van der Waals surface area contributed by atoms with Gasteiger partial charge in [0.2, 0.25) is 0 Å². The van der Waals surface area contributed by atoms with Gasteiger partial charge in [-0.05, 0) is 56.0 Å². The Morgan fingerprint density at radius 3 is 2.52 bits per heavy atom. The Kier molecular flexibility index (Phi) is 3.50. The van der Waals surface area contributed by atoms with Gasteiger partial charge in [-0.2, -0.15) is 0 Å². The topological polar surface area (TPSA) is 25.2 Å². The van der Waals surface area contributed by atoms with Crippen molar-refractivity contribution in [3.63, 3.8) is 0 Å². The number of para-hydroxylation sites is 1. The molecule has 1 aromatic heterocycles. The normalized spacial score (nSPS) is 18.8. The molecule has 0 spiro atoms. The third kappa shape index (κ3) is 2.74. The highest BCUT2D eigenvalue weighted by Gasteiger charge is 2.40. The predicted molar refractivity (Wildman–Crippen MR) is 86.2 cm³/mol. The lowest BCUT2D eigenvalue weighted by atomic mass is 9.98. The first-order valence-electron chi connectivity index (χ1n) is 8.56. The first-order chi connectivity index (χ1) is 10.4. The Morgan fingerprint density at radius 1 is 1.14 bits per heavy atom. The summed E-state index contributed by atoms with van der Waals surface area (Å²) in [5, 5.41) is 5.03. The number of benzene rings is 1. The maximum absolute atomic E-state index is 5.99. The fraction of sp³-hybridized carbons (Fsp3) is 0.579. The summed E-state index contributed by atoms with van der Waals surface area (Å²) in [5.41, 5.74) is 2.41. The monoisotopic (exact) mass is 283 g/mol. The summed E-state index contributed by atoms with van der Waals surface area (Å²) < 4.78 is 5.99. The number of hydrogen-bond acceptors (Lipinski definition) is 2. The number of furan rings is 1. The van der Waals surface area contributed by atoms with Crippen LogP contribution in [0, 0.1) is 17.8 Å². The summed E-state index contributed by atoms with van der Waals surface area (Å²) in [6, 6.07) is 8.43. The largest absolute Gasteiger partial charge is 0.461 e. The van der Waals surface area contributed by atoms with Crippen molar-refractivity contribution in [2.75, 3.05) is 6.54 Å². The van der Waals surface area contributed by atoms with Crippen LogP contribution in [0.15, 0.2) is 28.7 Å². The lowest BCUT2D eigenvalue weighted by molar-refractivity contribution is 0.378. The average Bonchev–Trinajstić information content (AvgIpc) is 3.41. The molecule has 1 heterocycles. The number of rotatable bonds is 7. The minimum absolute atomic E-state index is 0.938. The van der Waals surface area contributed by atoms with Crippen LogP contribution in [0.2, 0.25) is 0 Å². The summed E-state index contributed by atoms with van der Waals surface area (Å²) in [7, 11) is 0. The van der Waals surface area contributed by atoms with E-state index in [1.807, 2.05) is 0 Å². The molecule has 21 heavy (non-hydrogen) atoms. The molecule has 2 heteroatoms. The number of fused-ring (bicyclic) bond motifs is 1. The van der Waals surface area contributed by atoms with Gasteiger partial charge in [-0.25, -0.2) is 0 Å². The van der Waals surface area contributed by atoms with Crippen molar-refractivity contribution in [3.8, 4) is 0 Å². The average molecular weight is 283 g/mol. The molecule has 0 amide bonds. The molecule has 2 aliphatic carbocycles. The van der Waals surface area contributed by atoms with E-state index in [1.165, 1.54) is 43.2 Å². The van der Waals surface area contributed by atoms with Crippen LogP contribution in [0.3, 0.4) is 0 Å². The highest BCUT2D eigenvalue weighted by atomic mass is 16.3. The van der Waals surface area contributed by atoms with Crippen molar-refractivity contribution in [1.29, 1.82) is 0 Å². The first-order valence-corrected chi connectivity index (χ1v) is 8.56. The van der Waals surface area contributed by atoms with Gasteiger partial charge in [0.1, 0.15) is 11.3 Å². The summed E-state index contributed by atoms with van der Waals surface area (Å²) >= 11 is 0. The van der Waals surface area contributed by atoms with Crippen LogP contribution in [0.25, 0.3) is 11.0 Å². The van der Waals surface area contributed by atoms with Crippen LogP contribution in [-0.2, 0) is 13.0 Å². The molecular weight excluding hydrogens is 258 g/mol. The fourth-order valence-corrected chi connectivity index (χ4v) is 3.76. The Morgan fingerprint density at radius 2 is 1.86 bits per heavy atom. The van der Waals surface area contributed by atoms with E-state index in [1.54, 1.807) is 0 Å². The van der Waals surface area contributed by atoms with Gasteiger partial charge in [-0.3, -0.25) is 0 Å². The molecular formula is C19H25NO. The SMILES string of the molecule is CCc1oc2ccccc2c1CNCC(C1CC1)C1CC1. The van der Waals surface area contributed by atoms with Crippen LogP contribution in [0.4, 0.5) is 0 Å². The predicted octanol–water partition coefficient (Wildman–Crippen LogP) is 4.52. The number of hydrogen-bond donors (Lipinski definition) is 1. The first kappa shape index (κ1) is 13.4. The quantitative estimate of drug-likeness (QED) is 0.808. The Labute approximate surface area is 126 Å². The van der Waals surface area contributed by atoms with Crippen molar-refractivity contribution in [2.45, 2.75) is 45.6 Å². The molecule has 2 aliphatic rings. The third-order valence-electron chi connectivity index (χ3n) is 5.24. The molecule has 2 fully saturated rings. The van der Waals surface area contributed by atoms with Crippen molar-refractivity contribution < 1.29 is 4.42 Å². The molecule has 0 aliphatic heterocycles. The Bertz CT molecular complexity index is 610. The van der Waals surface area contributed by atoms with Crippen LogP contribution in [-0.4, -0.2) is 6.54 Å². The molecule has 2 aromatic rings. The highest BCUT2D eigenvalue weighted by Crippen LogP contribution is 2.48. The lowest BCUT2D eigenvalue weighted by Gasteiger charge is -2.16. The molecule has 2 saturated carbocycles. The summed E-state index contributed by atoms with van der Waals surface area (Å²) in [6.45, 7) is 4.33. The minimum Gasteiger partial charge on any atom is -0.461 e. The van der Waals surface area contributed by atoms with E-state index >= 15 is 0 Å². The minimum atomic E-state index is 0.938. The third-order valence-corrected chi connectivity index (χ3v) is 5.24. The fourth-order valence-electron chi connectivity index (χ4n) is 3.76. The van der Waals surface area contributed by atoms with Crippen molar-refractivity contribution >= 4 is 11.0 Å². The van der Waals surface area contributed by atoms with Crippen LogP contribution in [0.1, 0.15) is 43.9 Å². The zero-order valence-corrected chi connectivity index (χ0v) is 12.9. The molecule has 0 atom stereocenters. The van der Waals surface area contributed by atoms with Gasteiger partial charge >= 0.3 is 0 Å². The maximum Gasteiger partial charge on any atom is 0.134 e. The molecule has 0 unspecified atom stereocenters. The molecule has 1 aromatic carbocycles. The van der Waals surface area contributed by atoms with E-state index in [2.05, 4.69) is 36.5 Å². The summed E-state index contributed by atoms with van der Waals surface area (Å²) in [5.74, 6) is 4.14. The van der Waals surface area contributed by atoms with Crippen LogP contribution >= 0.6 is 0 Å². The zero-order chi connectivity index (χ0) is 14.2. The maximum atomic E-state index is 5.99. The van der Waals surface area contributed by atoms with Gasteiger partial charge < -0.3 is 9.73 Å². The van der Waals surface area contributed by atoms with Gasteiger partial charge in [-0.1, -0.05) is 25.1 Å². The van der Waals surface area contributed by atoms with Gasteiger partial charge in [0, 0.05) is 23.9 Å². The lowest BCUT2D eigenvalue weighted by Crippen LogP contribution is -2.25. The van der Waals surface area contributed by atoms with Gasteiger partial charge in [0.05, 0.1) is 0 Å². The second-order valence-corrected chi connectivity index (χ2v) is 6.82. The molecule has 1 N–H and O–H groups in total. The number of nitrogens with one attached hydrogen (secondary N) is 1. The second-order valence-electron chi connectivity index (χ2n) is 6.82. The van der Waals surface area contributed by atoms with E-state index in [0.29, 0.717) is 0 Å². The molecule has 4 rings (SSSR count). The van der Waals surface area contributed by atoms with Gasteiger partial charge in [0.15, 0.2) is 0 Å². The number of aryl methyl sites for hydroxylation is 1. The highest BCUT2D eigenvalue weighted by molar-refractivity contribution is 5.82. The molecule has 2 nitrogen and oxygen atoms in total. The summed E-state index contributed by atoms with van der Waals surface area (Å²) in [6.07, 6.45) is 6.85. The molecule has 0 bridgehead atoms. The molecule has 0 saturated heterocycles. The Balaban J connectivity index is 1.46. The van der Waals surface area contributed by atoms with E-state index in [-0.39, 0.29) is 0 Å².